The maximum absolute atomic E-state index is 12.7. The Morgan fingerprint density at radius 1 is 0.662 bits per heavy atom. The maximum Gasteiger partial charge on any atom is 0.315 e. The number of benzene rings is 3. The van der Waals surface area contributed by atoms with Crippen molar-refractivity contribution in [1.82, 2.24) is 31.9 Å². The van der Waals surface area contributed by atoms with E-state index in [9.17, 15) is 19.2 Å². The smallest absolute Gasteiger partial charge is 0.315 e. The van der Waals surface area contributed by atoms with Crippen LogP contribution in [0, 0.1) is 23.7 Å². The lowest BCUT2D eigenvalue weighted by Gasteiger charge is -2.16. The zero-order chi connectivity index (χ0) is 50.3. The number of rotatable bonds is 27. The summed E-state index contributed by atoms with van der Waals surface area (Å²) in [5.41, 5.74) is 14.9. The highest BCUT2D eigenvalue weighted by Gasteiger charge is 2.43. The van der Waals surface area contributed by atoms with Gasteiger partial charge < -0.3 is 51.4 Å². The number of allylic oxidation sites excluding steroid dienone is 1. The third-order valence-corrected chi connectivity index (χ3v) is 15.4. The van der Waals surface area contributed by atoms with E-state index in [0.29, 0.717) is 73.3 Å². The summed E-state index contributed by atoms with van der Waals surface area (Å²) in [6, 6.07) is 21.9. The maximum atomic E-state index is 12.7. The first-order valence-corrected chi connectivity index (χ1v) is 26.7. The highest BCUT2D eigenvalue weighted by atomic mass is 32.2. The number of carbonyl (C=O) groups excluding carboxylic acids is 4. The Morgan fingerprint density at radius 2 is 1.18 bits per heavy atom. The average Bonchev–Trinajstić information content (AvgIpc) is 4.15. The monoisotopic (exact) mass is 1050 g/mol. The highest BCUT2D eigenvalue weighted by Crippen LogP contribution is 2.34. The van der Waals surface area contributed by atoms with Crippen molar-refractivity contribution in [1.29, 1.82) is 0 Å². The minimum absolute atomic E-state index is 0. The van der Waals surface area contributed by atoms with Crippen molar-refractivity contribution in [2.24, 2.45) is 5.11 Å². The van der Waals surface area contributed by atoms with Crippen molar-refractivity contribution < 1.29 is 33.4 Å². The number of nitrogens with one attached hydrogen (secondary N) is 7. The molecule has 4 heterocycles. The fourth-order valence-corrected chi connectivity index (χ4v) is 11.8. The zero-order valence-corrected chi connectivity index (χ0v) is 42.1. The number of azide groups is 1. The number of hydrogen-bond donors (Lipinski definition) is 7. The highest BCUT2D eigenvalue weighted by molar-refractivity contribution is 8.00. The second-order valence-electron chi connectivity index (χ2n) is 18.0. The Morgan fingerprint density at radius 3 is 1.72 bits per heavy atom. The minimum atomic E-state index is -0.370. The van der Waals surface area contributed by atoms with Crippen molar-refractivity contribution in [2.75, 3.05) is 62.9 Å². The minimum Gasteiger partial charge on any atom is -0.387 e. The van der Waals surface area contributed by atoms with Gasteiger partial charge in [-0.15, -0.1) is 0 Å². The van der Waals surface area contributed by atoms with Crippen LogP contribution in [0.1, 0.15) is 99.6 Å². The zero-order valence-electron chi connectivity index (χ0n) is 40.5. The number of ether oxygens (including phenoxy) is 3. The third-order valence-electron chi connectivity index (χ3n) is 12.4. The Kier molecular flexibility index (Phi) is 24.9. The third kappa shape index (κ3) is 19.5. The molecule has 3 aromatic carbocycles. The van der Waals surface area contributed by atoms with Crippen molar-refractivity contribution in [3.63, 3.8) is 0 Å². The Balaban J connectivity index is 0.00000507. The lowest BCUT2D eigenvalue weighted by atomic mass is 10.0. The number of hydrogen-bond acceptors (Lipinski definition) is 11. The van der Waals surface area contributed by atoms with Crippen molar-refractivity contribution in [3.05, 3.63) is 123 Å². The van der Waals surface area contributed by atoms with Gasteiger partial charge in [0.1, 0.15) is 6.61 Å². The molecule has 7 rings (SSSR count). The molecule has 3 aromatic rings. The van der Waals surface area contributed by atoms with E-state index in [4.69, 9.17) is 19.7 Å². The molecule has 4 aliphatic heterocycles. The summed E-state index contributed by atoms with van der Waals surface area (Å²) < 4.78 is 17.1. The number of urea groups is 2. The summed E-state index contributed by atoms with van der Waals surface area (Å²) in [5, 5.41) is 25.5. The number of amides is 6. The molecule has 17 nitrogen and oxygen atoms in total. The molecule has 396 valence electrons. The predicted octanol–water partition coefficient (Wildman–Crippen LogP) is 7.73. The summed E-state index contributed by atoms with van der Waals surface area (Å²) in [6.45, 7) is 7.13. The van der Waals surface area contributed by atoms with Gasteiger partial charge in [-0.2, -0.15) is 23.5 Å². The van der Waals surface area contributed by atoms with Crippen LogP contribution in [0.4, 0.5) is 15.3 Å². The van der Waals surface area contributed by atoms with Gasteiger partial charge in [0.05, 0.1) is 57.2 Å². The van der Waals surface area contributed by atoms with Crippen LogP contribution in [-0.4, -0.2) is 116 Å². The van der Waals surface area contributed by atoms with Crippen LogP contribution < -0.4 is 37.2 Å². The fourth-order valence-electron chi connectivity index (χ4n) is 8.73. The standard InChI is InChI=1S/C53H64N10O7S2.2CH4/c1-36(6-2-3-7-46-50-44(34-71-46)59-52(66)61-50)55-22-25-68-31-39-16-10-37(11-17-39)14-20-41-28-42(30-43(29-41)58-49(65)33-70-27-24-57-63-54)21-15-38-12-18-40(19-13-38)32-69-26-23-56-48(64)9-5-4-8-47-51-45(35-72-47)60-53(67)62-51;;/h10-13,16-19,28-30,44-47,50-51,55H,1-9,22-27,31-35H2,(H,56,64)(H,58,65)(H2,59,61,66)(H2,60,62,67);2*1H4. The van der Waals surface area contributed by atoms with Gasteiger partial charge in [0, 0.05) is 86.6 Å². The number of carbonyl (C=O) groups is 4. The summed E-state index contributed by atoms with van der Waals surface area (Å²) in [5.74, 6) is 14.4. The molecular formula is C55H72N10O7S2. The van der Waals surface area contributed by atoms with E-state index in [1.807, 2.05) is 78.1 Å². The molecule has 74 heavy (non-hydrogen) atoms. The molecule has 0 saturated carbocycles. The first kappa shape index (κ1) is 58.6. The summed E-state index contributed by atoms with van der Waals surface area (Å²) in [6.07, 6.45) is 7.36. The van der Waals surface area contributed by atoms with Gasteiger partial charge >= 0.3 is 12.1 Å². The van der Waals surface area contributed by atoms with Crippen LogP contribution in [0.5, 0.6) is 0 Å². The fraction of sp³-hybridized carbons (Fsp3) is 0.491. The van der Waals surface area contributed by atoms with Crippen molar-refractivity contribution in [2.45, 2.75) is 114 Å². The molecule has 7 N–H and O–H groups in total. The molecule has 6 atom stereocenters. The van der Waals surface area contributed by atoms with Gasteiger partial charge in [-0.1, -0.05) is 87.3 Å². The SMILES string of the molecule is C.C.C=C(CCCCC1SCC2NC(=O)NC21)NCCOCc1ccc(C#Cc2cc(C#Cc3ccc(COCCNC(=O)CCCCC4SCC5NC(=O)NC54)cc3)cc(NC(=O)COCCN=[N+]=[N-])c2)cc1. The van der Waals surface area contributed by atoms with E-state index in [1.54, 1.807) is 12.1 Å². The lowest BCUT2D eigenvalue weighted by Crippen LogP contribution is -2.36. The number of anilines is 1. The molecule has 0 spiro atoms. The Hall–Kier alpha value is -6.31. The molecule has 0 bridgehead atoms. The van der Waals surface area contributed by atoms with Gasteiger partial charge in [-0.05, 0) is 91.2 Å². The van der Waals surface area contributed by atoms with Gasteiger partial charge in [0.25, 0.3) is 0 Å². The molecule has 19 heteroatoms. The van der Waals surface area contributed by atoms with E-state index in [0.717, 1.165) is 84.4 Å². The molecule has 6 unspecified atom stereocenters. The second-order valence-corrected chi connectivity index (χ2v) is 20.5. The van der Waals surface area contributed by atoms with Crippen molar-refractivity contribution in [3.8, 4) is 23.7 Å². The average molecular weight is 1050 g/mol. The molecule has 0 radical (unpaired) electrons. The van der Waals surface area contributed by atoms with Gasteiger partial charge in [-0.3, -0.25) is 9.59 Å². The topological polar surface area (TPSA) is 229 Å². The van der Waals surface area contributed by atoms with Crippen LogP contribution in [0.25, 0.3) is 10.4 Å². The lowest BCUT2D eigenvalue weighted by molar-refractivity contribution is -0.121. The quantitative estimate of drug-likeness (QED) is 0.00982. The predicted molar refractivity (Wildman–Crippen MR) is 296 cm³/mol. The van der Waals surface area contributed by atoms with E-state index in [-0.39, 0.29) is 82.7 Å². The van der Waals surface area contributed by atoms with Gasteiger partial charge in [-0.25, -0.2) is 9.59 Å². The molecule has 4 fully saturated rings. The van der Waals surface area contributed by atoms with Gasteiger partial charge in [0.2, 0.25) is 11.8 Å². The number of unbranched alkanes of at least 4 members (excludes halogenated alkanes) is 2. The number of fused-ring (bicyclic) bond motifs is 2. The number of nitrogens with zero attached hydrogens (tertiary/aromatic N) is 3. The summed E-state index contributed by atoms with van der Waals surface area (Å²) in [7, 11) is 0. The van der Waals surface area contributed by atoms with E-state index < -0.39 is 0 Å². The van der Waals surface area contributed by atoms with Crippen LogP contribution in [0.2, 0.25) is 0 Å². The Bertz CT molecular complexity index is 2370. The van der Waals surface area contributed by atoms with Crippen LogP contribution in [0.3, 0.4) is 0 Å². The molecule has 0 aromatic heterocycles. The van der Waals surface area contributed by atoms with Crippen molar-refractivity contribution >= 4 is 53.1 Å². The second kappa shape index (κ2) is 31.4. The molecule has 6 amide bonds. The van der Waals surface area contributed by atoms with E-state index >= 15 is 0 Å². The van der Waals surface area contributed by atoms with E-state index in [2.05, 4.69) is 77.5 Å². The normalized spacial score (nSPS) is 19.6. The molecule has 0 aliphatic carbocycles. The van der Waals surface area contributed by atoms with E-state index in [1.165, 1.54) is 0 Å². The summed E-state index contributed by atoms with van der Waals surface area (Å²) in [4.78, 5) is 51.0. The summed E-state index contributed by atoms with van der Waals surface area (Å²) >= 11 is 3.84. The first-order chi connectivity index (χ1) is 35.2. The van der Waals surface area contributed by atoms with Gasteiger partial charge in [0.15, 0.2) is 0 Å². The largest absolute Gasteiger partial charge is 0.387 e. The number of thioether (sulfide) groups is 2. The molecule has 4 saturated heterocycles. The van der Waals surface area contributed by atoms with Crippen LogP contribution in [0.15, 0.2) is 84.1 Å². The molecular weight excluding hydrogens is 977 g/mol. The first-order valence-electron chi connectivity index (χ1n) is 24.6. The van der Waals surface area contributed by atoms with Crippen LogP contribution in [-0.2, 0) is 37.0 Å². The molecule has 4 aliphatic rings. The van der Waals surface area contributed by atoms with Crippen LogP contribution >= 0.6 is 23.5 Å². The Labute approximate surface area is 445 Å².